The lowest BCUT2D eigenvalue weighted by molar-refractivity contribution is -0.119. The highest BCUT2D eigenvalue weighted by Gasteiger charge is 2.27. The van der Waals surface area contributed by atoms with Gasteiger partial charge in [-0.3, -0.25) is 9.10 Å². The van der Waals surface area contributed by atoms with E-state index in [-0.39, 0.29) is 23.0 Å². The molecule has 29 heavy (non-hydrogen) atoms. The molecular formula is C21H25FN2O3S2. The molecule has 0 atom stereocenters. The van der Waals surface area contributed by atoms with Crippen LogP contribution in [0, 0.1) is 5.82 Å². The molecule has 1 amide bonds. The monoisotopic (exact) mass is 436 g/mol. The van der Waals surface area contributed by atoms with Crippen molar-refractivity contribution in [3.63, 3.8) is 0 Å². The molecule has 1 N–H and O–H groups in total. The van der Waals surface area contributed by atoms with Crippen LogP contribution >= 0.6 is 11.8 Å². The van der Waals surface area contributed by atoms with Crippen LogP contribution in [0.3, 0.4) is 0 Å². The number of carbonyl (C=O) groups is 1. The average Bonchev–Trinajstić information content (AvgIpc) is 3.24. The van der Waals surface area contributed by atoms with Crippen molar-refractivity contribution < 1.29 is 17.6 Å². The fraction of sp³-hybridized carbons (Fsp3) is 0.381. The maximum atomic E-state index is 13.3. The molecule has 0 heterocycles. The molecule has 3 rings (SSSR count). The predicted molar refractivity (Wildman–Crippen MR) is 115 cm³/mol. The van der Waals surface area contributed by atoms with Crippen molar-refractivity contribution in [3.8, 4) is 0 Å². The van der Waals surface area contributed by atoms with Crippen LogP contribution in [0.2, 0.25) is 0 Å². The number of nitrogens with one attached hydrogen (secondary N) is 1. The Balaban J connectivity index is 1.68. The number of anilines is 1. The van der Waals surface area contributed by atoms with Crippen molar-refractivity contribution in [2.24, 2.45) is 0 Å². The second-order valence-corrected chi connectivity index (χ2v) is 10.2. The first-order chi connectivity index (χ1) is 14.0. The molecule has 2 aromatic rings. The fourth-order valence-electron chi connectivity index (χ4n) is 3.30. The third-order valence-electron chi connectivity index (χ3n) is 4.81. The molecule has 0 spiro atoms. The van der Waals surface area contributed by atoms with E-state index in [1.54, 1.807) is 18.2 Å². The number of hydrogen-bond acceptors (Lipinski definition) is 4. The molecule has 0 aromatic heterocycles. The van der Waals surface area contributed by atoms with Crippen LogP contribution in [0.4, 0.5) is 10.1 Å². The van der Waals surface area contributed by atoms with Gasteiger partial charge in [-0.05, 0) is 49.2 Å². The van der Waals surface area contributed by atoms with Crippen LogP contribution in [-0.4, -0.2) is 38.4 Å². The summed E-state index contributed by atoms with van der Waals surface area (Å²) >= 11 is 1.86. The molecular weight excluding hydrogens is 411 g/mol. The molecule has 5 nitrogen and oxygen atoms in total. The predicted octanol–water partition coefficient (Wildman–Crippen LogP) is 3.81. The molecule has 8 heteroatoms. The Morgan fingerprint density at radius 1 is 1.07 bits per heavy atom. The maximum Gasteiger partial charge on any atom is 0.264 e. The third kappa shape index (κ3) is 5.96. The molecule has 0 radical (unpaired) electrons. The summed E-state index contributed by atoms with van der Waals surface area (Å²) in [5, 5.41) is 3.47. The first kappa shape index (κ1) is 21.6. The molecule has 0 bridgehead atoms. The number of sulfonamides is 1. The molecule has 2 aromatic carbocycles. The van der Waals surface area contributed by atoms with Gasteiger partial charge in [0.25, 0.3) is 10.0 Å². The van der Waals surface area contributed by atoms with E-state index in [4.69, 9.17) is 0 Å². The molecule has 1 aliphatic carbocycles. The molecule has 1 aliphatic rings. The van der Waals surface area contributed by atoms with Gasteiger partial charge in [0.05, 0.1) is 10.6 Å². The van der Waals surface area contributed by atoms with E-state index < -0.39 is 15.8 Å². The standard InChI is InChI=1S/C21H25FN2O3S2/c22-17-10-12-18(13-11-17)24(29(26,27)20-8-2-1-3-9-20)16-21(25)23-14-15-28-19-6-4-5-7-19/h1-3,8-13,19H,4-7,14-16H2,(H,23,25). The number of nitrogens with zero attached hydrogens (tertiary/aromatic N) is 1. The SMILES string of the molecule is O=C(CN(c1ccc(F)cc1)S(=O)(=O)c1ccccc1)NCCSC1CCCC1. The van der Waals surface area contributed by atoms with Gasteiger partial charge in [-0.2, -0.15) is 11.8 Å². The van der Waals surface area contributed by atoms with Gasteiger partial charge in [0.1, 0.15) is 12.4 Å². The number of amides is 1. The molecule has 0 saturated heterocycles. The van der Waals surface area contributed by atoms with Crippen molar-refractivity contribution in [3.05, 3.63) is 60.4 Å². The topological polar surface area (TPSA) is 66.5 Å². The molecule has 0 aliphatic heterocycles. The molecule has 0 unspecified atom stereocenters. The zero-order chi connectivity index (χ0) is 20.7. The van der Waals surface area contributed by atoms with Gasteiger partial charge >= 0.3 is 0 Å². The fourth-order valence-corrected chi connectivity index (χ4v) is 5.96. The number of benzene rings is 2. The number of thioether (sulfide) groups is 1. The van der Waals surface area contributed by atoms with Gasteiger partial charge in [-0.1, -0.05) is 31.0 Å². The van der Waals surface area contributed by atoms with E-state index in [1.807, 2.05) is 11.8 Å². The Kier molecular flexibility index (Phi) is 7.55. The summed E-state index contributed by atoms with van der Waals surface area (Å²) < 4.78 is 40.5. The number of halogens is 1. The lowest BCUT2D eigenvalue weighted by Gasteiger charge is -2.24. The van der Waals surface area contributed by atoms with Crippen LogP contribution < -0.4 is 9.62 Å². The lowest BCUT2D eigenvalue weighted by Crippen LogP contribution is -2.41. The van der Waals surface area contributed by atoms with E-state index in [2.05, 4.69) is 5.32 Å². The molecule has 156 valence electrons. The minimum absolute atomic E-state index is 0.0777. The number of carbonyl (C=O) groups excluding carboxylic acids is 1. The Morgan fingerprint density at radius 2 is 1.72 bits per heavy atom. The Hall–Kier alpha value is -2.06. The Morgan fingerprint density at radius 3 is 2.38 bits per heavy atom. The van der Waals surface area contributed by atoms with Gasteiger partial charge in [0, 0.05) is 17.5 Å². The minimum atomic E-state index is -3.96. The van der Waals surface area contributed by atoms with Crippen LogP contribution in [0.25, 0.3) is 0 Å². The second kappa shape index (κ2) is 10.1. The van der Waals surface area contributed by atoms with Crippen LogP contribution in [-0.2, 0) is 14.8 Å². The van der Waals surface area contributed by atoms with E-state index in [9.17, 15) is 17.6 Å². The van der Waals surface area contributed by atoms with Gasteiger partial charge in [0.2, 0.25) is 5.91 Å². The lowest BCUT2D eigenvalue weighted by atomic mass is 10.3. The van der Waals surface area contributed by atoms with Gasteiger partial charge < -0.3 is 5.32 Å². The highest BCUT2D eigenvalue weighted by atomic mass is 32.2. The van der Waals surface area contributed by atoms with Crippen LogP contribution in [0.1, 0.15) is 25.7 Å². The summed E-state index contributed by atoms with van der Waals surface area (Å²) in [5.41, 5.74) is 0.241. The van der Waals surface area contributed by atoms with Crippen LogP contribution in [0.5, 0.6) is 0 Å². The van der Waals surface area contributed by atoms with E-state index in [0.717, 1.165) is 10.1 Å². The summed E-state index contributed by atoms with van der Waals surface area (Å²) in [6, 6.07) is 13.0. The number of rotatable bonds is 9. The van der Waals surface area contributed by atoms with Crippen LogP contribution in [0.15, 0.2) is 59.5 Å². The van der Waals surface area contributed by atoms with E-state index >= 15 is 0 Å². The first-order valence-corrected chi connectivity index (χ1v) is 12.2. The zero-order valence-corrected chi connectivity index (χ0v) is 17.7. The van der Waals surface area contributed by atoms with E-state index in [0.29, 0.717) is 11.8 Å². The Bertz CT molecular complexity index is 899. The van der Waals surface area contributed by atoms with E-state index in [1.165, 1.54) is 62.1 Å². The zero-order valence-electron chi connectivity index (χ0n) is 16.1. The maximum absolute atomic E-state index is 13.3. The van der Waals surface area contributed by atoms with Gasteiger partial charge in [-0.15, -0.1) is 0 Å². The third-order valence-corrected chi connectivity index (χ3v) is 7.98. The highest BCUT2D eigenvalue weighted by molar-refractivity contribution is 7.99. The minimum Gasteiger partial charge on any atom is -0.354 e. The van der Waals surface area contributed by atoms with Crippen molar-refractivity contribution >= 4 is 33.4 Å². The van der Waals surface area contributed by atoms with Gasteiger partial charge in [0.15, 0.2) is 0 Å². The first-order valence-electron chi connectivity index (χ1n) is 9.68. The van der Waals surface area contributed by atoms with Gasteiger partial charge in [-0.25, -0.2) is 12.8 Å². The van der Waals surface area contributed by atoms with Crippen molar-refractivity contribution in [1.29, 1.82) is 0 Å². The Labute approximate surface area is 175 Å². The summed E-state index contributed by atoms with van der Waals surface area (Å²) in [6.07, 6.45) is 5.00. The summed E-state index contributed by atoms with van der Waals surface area (Å²) in [7, 11) is -3.96. The highest BCUT2D eigenvalue weighted by Crippen LogP contribution is 2.29. The number of hydrogen-bond donors (Lipinski definition) is 1. The normalized spacial score (nSPS) is 14.7. The van der Waals surface area contributed by atoms with Crippen molar-refractivity contribution in [1.82, 2.24) is 5.32 Å². The van der Waals surface area contributed by atoms with Crippen molar-refractivity contribution in [2.75, 3.05) is 23.1 Å². The smallest absolute Gasteiger partial charge is 0.264 e. The van der Waals surface area contributed by atoms with Crippen molar-refractivity contribution in [2.45, 2.75) is 35.8 Å². The summed E-state index contributed by atoms with van der Waals surface area (Å²) in [5.74, 6) is -0.0571. The second-order valence-electron chi connectivity index (χ2n) is 6.93. The largest absolute Gasteiger partial charge is 0.354 e. The quantitative estimate of drug-likeness (QED) is 0.607. The average molecular weight is 437 g/mol. The molecule has 1 fully saturated rings. The summed E-state index contributed by atoms with van der Waals surface area (Å²) in [4.78, 5) is 12.5. The summed E-state index contributed by atoms with van der Waals surface area (Å²) in [6.45, 7) is 0.125. The molecule has 1 saturated carbocycles.